The van der Waals surface area contributed by atoms with E-state index < -0.39 is 0 Å². The topological polar surface area (TPSA) is 49.9 Å². The quantitative estimate of drug-likeness (QED) is 0.685. The molecule has 0 atom stereocenters. The minimum Gasteiger partial charge on any atom is -0.483 e. The summed E-state index contributed by atoms with van der Waals surface area (Å²) in [7, 11) is 1.85. The highest BCUT2D eigenvalue weighted by Gasteiger charge is 2.37. The van der Waals surface area contributed by atoms with Crippen LogP contribution in [0.5, 0.6) is 5.75 Å². The van der Waals surface area contributed by atoms with E-state index in [0.717, 1.165) is 49.8 Å². The maximum absolute atomic E-state index is 14.0. The number of para-hydroxylation sites is 1. The first-order valence-corrected chi connectivity index (χ1v) is 11.9. The number of rotatable bonds is 2. The Morgan fingerprint density at radius 1 is 1.03 bits per heavy atom. The summed E-state index contributed by atoms with van der Waals surface area (Å²) < 4.78 is 19.8. The van der Waals surface area contributed by atoms with Crippen LogP contribution in [0.25, 0.3) is 0 Å². The molecule has 2 aliphatic heterocycles. The van der Waals surface area contributed by atoms with Crippen LogP contribution in [0.2, 0.25) is 0 Å². The van der Waals surface area contributed by atoms with Gasteiger partial charge in [0.2, 0.25) is 5.91 Å². The molecule has 5 nitrogen and oxygen atoms in total. The van der Waals surface area contributed by atoms with E-state index in [1.54, 1.807) is 23.1 Å². The standard InChI is InChI=1S/C27H33FN2O3/c1-29-20-27(13-7-6-9-21-8-3-5-12-24(21)33-19-26(29)32)14-16-30(17-15-27)25(31)18-22-10-2-4-11-23(22)28/h2-5,8,10-12H,6-7,9,13-20H2,1H3. The number of likely N-dealkylation sites (tertiary alicyclic amines) is 1. The highest BCUT2D eigenvalue weighted by Crippen LogP contribution is 2.38. The average molecular weight is 453 g/mol. The Bertz CT molecular complexity index is 985. The molecule has 0 radical (unpaired) electrons. The molecular weight excluding hydrogens is 419 g/mol. The molecule has 0 N–H and O–H groups in total. The van der Waals surface area contributed by atoms with Crippen molar-refractivity contribution in [3.05, 3.63) is 65.5 Å². The predicted molar refractivity (Wildman–Crippen MR) is 125 cm³/mol. The van der Waals surface area contributed by atoms with Crippen molar-refractivity contribution in [1.82, 2.24) is 9.80 Å². The number of carbonyl (C=O) groups excluding carboxylic acids is 2. The number of fused-ring (bicyclic) bond motifs is 1. The Labute approximate surface area is 195 Å². The van der Waals surface area contributed by atoms with Gasteiger partial charge in [-0.05, 0) is 60.8 Å². The third kappa shape index (κ3) is 5.73. The lowest BCUT2D eigenvalue weighted by Crippen LogP contribution is -2.49. The van der Waals surface area contributed by atoms with E-state index in [9.17, 15) is 14.0 Å². The number of ether oxygens (including phenoxy) is 1. The maximum Gasteiger partial charge on any atom is 0.260 e. The molecule has 176 valence electrons. The molecule has 6 heteroatoms. The number of nitrogens with zero attached hydrogens (tertiary/aromatic N) is 2. The lowest BCUT2D eigenvalue weighted by atomic mass is 9.73. The van der Waals surface area contributed by atoms with Crippen LogP contribution in [0.3, 0.4) is 0 Å². The van der Waals surface area contributed by atoms with Crippen LogP contribution in [-0.4, -0.2) is 54.9 Å². The van der Waals surface area contributed by atoms with Gasteiger partial charge in [0, 0.05) is 26.7 Å². The fourth-order valence-electron chi connectivity index (χ4n) is 5.14. The van der Waals surface area contributed by atoms with Crippen molar-refractivity contribution in [3.63, 3.8) is 0 Å². The fourth-order valence-corrected chi connectivity index (χ4v) is 5.14. The molecule has 4 rings (SSSR count). The summed E-state index contributed by atoms with van der Waals surface area (Å²) in [5.74, 6) is 0.416. The minimum atomic E-state index is -0.331. The summed E-state index contributed by atoms with van der Waals surface area (Å²) >= 11 is 0. The smallest absolute Gasteiger partial charge is 0.260 e. The predicted octanol–water partition coefficient (Wildman–Crippen LogP) is 4.24. The highest BCUT2D eigenvalue weighted by atomic mass is 19.1. The number of halogens is 1. The van der Waals surface area contributed by atoms with Crippen molar-refractivity contribution in [3.8, 4) is 5.75 Å². The van der Waals surface area contributed by atoms with E-state index >= 15 is 0 Å². The van der Waals surface area contributed by atoms with Gasteiger partial charge in [-0.3, -0.25) is 9.59 Å². The minimum absolute atomic E-state index is 0.00208. The Hall–Kier alpha value is -2.89. The van der Waals surface area contributed by atoms with Gasteiger partial charge < -0.3 is 14.5 Å². The number of benzene rings is 2. The molecule has 1 fully saturated rings. The number of hydrogen-bond acceptors (Lipinski definition) is 3. The lowest BCUT2D eigenvalue weighted by molar-refractivity contribution is -0.137. The van der Waals surface area contributed by atoms with Gasteiger partial charge in [0.1, 0.15) is 11.6 Å². The van der Waals surface area contributed by atoms with Crippen LogP contribution in [-0.2, 0) is 22.4 Å². The number of aryl methyl sites for hydroxylation is 1. The Balaban J connectivity index is 1.41. The molecule has 1 spiro atoms. The normalized spacial score (nSPS) is 19.3. The monoisotopic (exact) mass is 452 g/mol. The third-order valence-corrected chi connectivity index (χ3v) is 7.20. The second-order valence-corrected chi connectivity index (χ2v) is 9.50. The Morgan fingerprint density at radius 2 is 1.76 bits per heavy atom. The van der Waals surface area contributed by atoms with Crippen LogP contribution in [0, 0.1) is 11.2 Å². The largest absolute Gasteiger partial charge is 0.483 e. The van der Waals surface area contributed by atoms with E-state index in [2.05, 4.69) is 6.07 Å². The van der Waals surface area contributed by atoms with Crippen molar-refractivity contribution in [2.24, 2.45) is 5.41 Å². The molecule has 0 saturated carbocycles. The van der Waals surface area contributed by atoms with Gasteiger partial charge >= 0.3 is 0 Å². The van der Waals surface area contributed by atoms with E-state index in [0.29, 0.717) is 25.2 Å². The zero-order valence-corrected chi connectivity index (χ0v) is 19.4. The molecule has 2 aromatic carbocycles. The van der Waals surface area contributed by atoms with Crippen molar-refractivity contribution >= 4 is 11.8 Å². The molecule has 1 saturated heterocycles. The number of hydrogen-bond donors (Lipinski definition) is 0. The molecule has 0 aliphatic carbocycles. The fraction of sp³-hybridized carbons (Fsp3) is 0.481. The summed E-state index contributed by atoms with van der Waals surface area (Å²) in [5, 5.41) is 0. The summed E-state index contributed by atoms with van der Waals surface area (Å²) in [4.78, 5) is 29.2. The van der Waals surface area contributed by atoms with Gasteiger partial charge in [0.25, 0.3) is 5.91 Å². The molecule has 2 amide bonds. The molecule has 33 heavy (non-hydrogen) atoms. The van der Waals surface area contributed by atoms with Gasteiger partial charge in [-0.15, -0.1) is 0 Å². The molecule has 0 unspecified atom stereocenters. The third-order valence-electron chi connectivity index (χ3n) is 7.20. The average Bonchev–Trinajstić information content (AvgIpc) is 2.82. The zero-order chi connectivity index (χ0) is 23.3. The number of likely N-dealkylation sites (N-methyl/N-ethyl adjacent to an activating group) is 1. The molecular formula is C27H33FN2O3. The zero-order valence-electron chi connectivity index (χ0n) is 19.4. The number of carbonyl (C=O) groups is 2. The maximum atomic E-state index is 14.0. The van der Waals surface area contributed by atoms with Gasteiger partial charge in [0.15, 0.2) is 6.61 Å². The Morgan fingerprint density at radius 3 is 2.55 bits per heavy atom. The molecule has 2 aromatic rings. The summed E-state index contributed by atoms with van der Waals surface area (Å²) in [6, 6.07) is 14.4. The van der Waals surface area contributed by atoms with Crippen LogP contribution in [0.1, 0.15) is 43.2 Å². The van der Waals surface area contributed by atoms with Crippen LogP contribution in [0.4, 0.5) is 4.39 Å². The van der Waals surface area contributed by atoms with Crippen molar-refractivity contribution in [1.29, 1.82) is 0 Å². The highest BCUT2D eigenvalue weighted by molar-refractivity contribution is 5.79. The van der Waals surface area contributed by atoms with Gasteiger partial charge in [0.05, 0.1) is 6.42 Å². The molecule has 0 bridgehead atoms. The summed E-state index contributed by atoms with van der Waals surface area (Å²) in [6.45, 7) is 2.01. The summed E-state index contributed by atoms with van der Waals surface area (Å²) in [6.07, 6.45) is 5.90. The number of amides is 2. The second kappa shape index (κ2) is 10.4. The van der Waals surface area contributed by atoms with Gasteiger partial charge in [-0.2, -0.15) is 0 Å². The first-order valence-electron chi connectivity index (χ1n) is 11.9. The Kier molecular flexibility index (Phi) is 7.31. The molecule has 2 heterocycles. The van der Waals surface area contributed by atoms with Crippen LogP contribution in [0.15, 0.2) is 48.5 Å². The lowest BCUT2D eigenvalue weighted by Gasteiger charge is -2.44. The van der Waals surface area contributed by atoms with Crippen molar-refractivity contribution < 1.29 is 18.7 Å². The van der Waals surface area contributed by atoms with Gasteiger partial charge in [-0.1, -0.05) is 42.8 Å². The van der Waals surface area contributed by atoms with E-state index in [-0.39, 0.29) is 36.1 Å². The van der Waals surface area contributed by atoms with Crippen LogP contribution >= 0.6 is 0 Å². The second-order valence-electron chi connectivity index (χ2n) is 9.50. The van der Waals surface area contributed by atoms with E-state index in [4.69, 9.17) is 4.74 Å². The van der Waals surface area contributed by atoms with Crippen molar-refractivity contribution in [2.45, 2.75) is 44.9 Å². The number of piperidine rings is 1. The first kappa shape index (κ1) is 23.3. The SMILES string of the molecule is CN1CC2(CCCCc3ccccc3OCC1=O)CCN(C(=O)Cc1ccccc1F)CC2. The first-order chi connectivity index (χ1) is 16.0. The van der Waals surface area contributed by atoms with Gasteiger partial charge in [-0.25, -0.2) is 4.39 Å². The van der Waals surface area contributed by atoms with E-state index in [1.807, 2.05) is 30.1 Å². The van der Waals surface area contributed by atoms with Crippen LogP contribution < -0.4 is 4.74 Å². The summed E-state index contributed by atoms with van der Waals surface area (Å²) in [5.41, 5.74) is 1.59. The molecule has 2 aliphatic rings. The van der Waals surface area contributed by atoms with E-state index in [1.165, 1.54) is 6.07 Å². The molecule has 0 aromatic heterocycles. The van der Waals surface area contributed by atoms with Crippen molar-refractivity contribution in [2.75, 3.05) is 33.3 Å².